The van der Waals surface area contributed by atoms with Gasteiger partial charge in [0, 0.05) is 5.02 Å². The van der Waals surface area contributed by atoms with E-state index in [0.29, 0.717) is 27.7 Å². The predicted octanol–water partition coefficient (Wildman–Crippen LogP) is 2.56. The van der Waals surface area contributed by atoms with Crippen LogP contribution in [0.2, 0.25) is 5.02 Å². The smallest absolute Gasteiger partial charge is 0.355 e. The van der Waals surface area contributed by atoms with E-state index in [0.717, 1.165) is 4.90 Å². The van der Waals surface area contributed by atoms with Crippen LogP contribution in [0.4, 0.5) is 11.4 Å². The standard InChI is InChI=1S/C21H18ClN3O5/c1-11-14(22)5-4-6-15(11)24-19(26)16-17(21(28)30-3)23-25(18(16)20(24)27)12-7-9-13(29-2)10-8-12/h4-10,16,18H,1-3H3. The molecule has 2 atom stereocenters. The lowest BCUT2D eigenvalue weighted by Gasteiger charge is -2.23. The zero-order chi connectivity index (χ0) is 21.6. The van der Waals surface area contributed by atoms with Crippen molar-refractivity contribution in [2.75, 3.05) is 24.1 Å². The maximum atomic E-state index is 13.4. The van der Waals surface area contributed by atoms with Crippen LogP contribution in [0.25, 0.3) is 0 Å². The Hall–Kier alpha value is -3.39. The van der Waals surface area contributed by atoms with Gasteiger partial charge in [0.25, 0.3) is 5.91 Å². The summed E-state index contributed by atoms with van der Waals surface area (Å²) in [6.45, 7) is 1.73. The van der Waals surface area contributed by atoms with Gasteiger partial charge in [-0.25, -0.2) is 9.69 Å². The van der Waals surface area contributed by atoms with Gasteiger partial charge in [-0.3, -0.25) is 14.6 Å². The number of anilines is 2. The van der Waals surface area contributed by atoms with Gasteiger partial charge in [0.05, 0.1) is 25.6 Å². The van der Waals surface area contributed by atoms with Gasteiger partial charge in [0.15, 0.2) is 5.71 Å². The van der Waals surface area contributed by atoms with E-state index < -0.39 is 29.7 Å². The summed E-state index contributed by atoms with van der Waals surface area (Å²) in [6, 6.07) is 10.8. The summed E-state index contributed by atoms with van der Waals surface area (Å²) in [6.07, 6.45) is 0. The fraction of sp³-hybridized carbons (Fsp3) is 0.238. The molecule has 0 bridgehead atoms. The van der Waals surface area contributed by atoms with Gasteiger partial charge in [-0.15, -0.1) is 0 Å². The number of methoxy groups -OCH3 is 2. The van der Waals surface area contributed by atoms with Crippen molar-refractivity contribution in [1.29, 1.82) is 0 Å². The van der Waals surface area contributed by atoms with Crippen molar-refractivity contribution in [2.24, 2.45) is 11.0 Å². The van der Waals surface area contributed by atoms with Crippen molar-refractivity contribution in [3.8, 4) is 5.75 Å². The largest absolute Gasteiger partial charge is 0.497 e. The van der Waals surface area contributed by atoms with Gasteiger partial charge < -0.3 is 9.47 Å². The number of halogens is 1. The van der Waals surface area contributed by atoms with Crippen LogP contribution in [0, 0.1) is 12.8 Å². The SMILES string of the molecule is COC(=O)C1=NN(c2ccc(OC)cc2)C2C(=O)N(c3cccc(Cl)c3C)C(=O)C12. The molecule has 4 rings (SSSR count). The lowest BCUT2D eigenvalue weighted by molar-refractivity contribution is -0.133. The third-order valence-electron chi connectivity index (χ3n) is 5.26. The molecular formula is C21H18ClN3O5. The minimum absolute atomic E-state index is 0.112. The first-order valence-corrected chi connectivity index (χ1v) is 9.50. The van der Waals surface area contributed by atoms with Crippen LogP contribution >= 0.6 is 11.6 Å². The molecular weight excluding hydrogens is 410 g/mol. The second kappa shape index (κ2) is 7.46. The number of ether oxygens (including phenoxy) is 2. The van der Waals surface area contributed by atoms with Crippen molar-refractivity contribution in [2.45, 2.75) is 13.0 Å². The zero-order valence-corrected chi connectivity index (χ0v) is 17.2. The molecule has 2 heterocycles. The normalized spacial score (nSPS) is 20.3. The number of amides is 2. The van der Waals surface area contributed by atoms with Crippen LogP contribution in [-0.4, -0.2) is 43.8 Å². The molecule has 2 amide bonds. The molecule has 2 aliphatic heterocycles. The van der Waals surface area contributed by atoms with Crippen LogP contribution in [0.15, 0.2) is 47.6 Å². The van der Waals surface area contributed by atoms with Crippen LogP contribution < -0.4 is 14.6 Å². The monoisotopic (exact) mass is 427 g/mol. The molecule has 0 N–H and O–H groups in total. The van der Waals surface area contributed by atoms with Crippen LogP contribution in [0.1, 0.15) is 5.56 Å². The fourth-order valence-corrected chi connectivity index (χ4v) is 3.88. The number of hydrogen-bond donors (Lipinski definition) is 0. The highest BCUT2D eigenvalue weighted by atomic mass is 35.5. The lowest BCUT2D eigenvalue weighted by Crippen LogP contribution is -2.39. The Morgan fingerprint density at radius 3 is 2.40 bits per heavy atom. The number of hydrazone groups is 1. The molecule has 0 aliphatic carbocycles. The Morgan fingerprint density at radius 1 is 1.07 bits per heavy atom. The highest BCUT2D eigenvalue weighted by Gasteiger charge is 2.59. The molecule has 0 radical (unpaired) electrons. The maximum absolute atomic E-state index is 13.4. The number of imide groups is 1. The molecule has 0 saturated carbocycles. The summed E-state index contributed by atoms with van der Waals surface area (Å²) in [4.78, 5) is 40.1. The highest BCUT2D eigenvalue weighted by molar-refractivity contribution is 6.47. The average Bonchev–Trinajstić information content (AvgIpc) is 3.27. The third kappa shape index (κ3) is 2.91. The highest BCUT2D eigenvalue weighted by Crippen LogP contribution is 2.40. The molecule has 8 nitrogen and oxygen atoms in total. The minimum atomic E-state index is -1.08. The summed E-state index contributed by atoms with van der Waals surface area (Å²) < 4.78 is 9.97. The molecule has 2 unspecified atom stereocenters. The first kappa shape index (κ1) is 19.9. The number of nitrogens with zero attached hydrogens (tertiary/aromatic N) is 3. The number of carbonyl (C=O) groups is 3. The van der Waals surface area contributed by atoms with E-state index in [9.17, 15) is 14.4 Å². The summed E-state index contributed by atoms with van der Waals surface area (Å²) in [7, 11) is 2.74. The van der Waals surface area contributed by atoms with Crippen molar-refractivity contribution < 1.29 is 23.9 Å². The Bertz CT molecular complexity index is 1080. The molecule has 30 heavy (non-hydrogen) atoms. The van der Waals surface area contributed by atoms with Gasteiger partial charge in [-0.05, 0) is 48.9 Å². The predicted molar refractivity (Wildman–Crippen MR) is 111 cm³/mol. The quantitative estimate of drug-likeness (QED) is 0.550. The Balaban J connectivity index is 1.81. The molecule has 2 aromatic carbocycles. The molecule has 2 aromatic rings. The average molecular weight is 428 g/mol. The molecule has 0 spiro atoms. The fourth-order valence-electron chi connectivity index (χ4n) is 3.71. The summed E-state index contributed by atoms with van der Waals surface area (Å²) in [5.74, 6) is -2.25. The van der Waals surface area contributed by atoms with Crippen LogP contribution in [-0.2, 0) is 19.1 Å². The second-order valence-corrected chi connectivity index (χ2v) is 7.24. The topological polar surface area (TPSA) is 88.5 Å². The minimum Gasteiger partial charge on any atom is -0.497 e. The zero-order valence-electron chi connectivity index (χ0n) is 16.5. The van der Waals surface area contributed by atoms with Gasteiger partial charge in [-0.2, -0.15) is 5.10 Å². The molecule has 1 fully saturated rings. The van der Waals surface area contributed by atoms with Crippen molar-refractivity contribution in [3.05, 3.63) is 53.1 Å². The first-order chi connectivity index (χ1) is 14.4. The number of esters is 1. The Labute approximate surface area is 177 Å². The number of fused-ring (bicyclic) bond motifs is 1. The first-order valence-electron chi connectivity index (χ1n) is 9.12. The van der Waals surface area contributed by atoms with E-state index in [2.05, 4.69) is 5.10 Å². The van der Waals surface area contributed by atoms with E-state index in [-0.39, 0.29) is 5.71 Å². The molecule has 154 valence electrons. The molecule has 9 heteroatoms. The second-order valence-electron chi connectivity index (χ2n) is 6.84. The van der Waals surface area contributed by atoms with Crippen molar-refractivity contribution >= 4 is 46.5 Å². The molecule has 1 saturated heterocycles. The van der Waals surface area contributed by atoms with Gasteiger partial charge in [0.1, 0.15) is 17.7 Å². The summed E-state index contributed by atoms with van der Waals surface area (Å²) in [5, 5.41) is 6.09. The van der Waals surface area contributed by atoms with E-state index in [1.165, 1.54) is 12.1 Å². The summed E-state index contributed by atoms with van der Waals surface area (Å²) >= 11 is 6.19. The van der Waals surface area contributed by atoms with Gasteiger partial charge >= 0.3 is 5.97 Å². The number of carbonyl (C=O) groups excluding carboxylic acids is 3. The lowest BCUT2D eigenvalue weighted by atomic mass is 9.98. The Morgan fingerprint density at radius 2 is 1.77 bits per heavy atom. The van der Waals surface area contributed by atoms with Crippen LogP contribution in [0.3, 0.4) is 0 Å². The number of hydrogen-bond acceptors (Lipinski definition) is 7. The molecule has 2 aliphatic rings. The van der Waals surface area contributed by atoms with Crippen molar-refractivity contribution in [3.63, 3.8) is 0 Å². The van der Waals surface area contributed by atoms with E-state index in [1.54, 1.807) is 56.5 Å². The van der Waals surface area contributed by atoms with E-state index in [4.69, 9.17) is 21.1 Å². The van der Waals surface area contributed by atoms with E-state index >= 15 is 0 Å². The number of benzene rings is 2. The third-order valence-corrected chi connectivity index (χ3v) is 5.67. The summed E-state index contributed by atoms with van der Waals surface area (Å²) in [5.41, 5.74) is 1.40. The van der Waals surface area contributed by atoms with Gasteiger partial charge in [-0.1, -0.05) is 17.7 Å². The Kier molecular flexibility index (Phi) is 4.95. The maximum Gasteiger partial charge on any atom is 0.355 e. The van der Waals surface area contributed by atoms with Crippen LogP contribution in [0.5, 0.6) is 5.75 Å². The van der Waals surface area contributed by atoms with E-state index in [1.807, 2.05) is 0 Å². The molecule has 0 aromatic heterocycles. The van der Waals surface area contributed by atoms with Crippen molar-refractivity contribution in [1.82, 2.24) is 0 Å². The number of rotatable bonds is 4. The van der Waals surface area contributed by atoms with Gasteiger partial charge in [0.2, 0.25) is 5.91 Å².